The van der Waals surface area contributed by atoms with E-state index in [2.05, 4.69) is 26.2 Å². The van der Waals surface area contributed by atoms with Gasteiger partial charge in [-0.3, -0.25) is 9.36 Å². The van der Waals surface area contributed by atoms with Crippen LogP contribution >= 0.6 is 15.9 Å². The molecular formula is C15H18BrN3O. The number of piperidine rings is 1. The van der Waals surface area contributed by atoms with Crippen LogP contribution in [-0.2, 0) is 6.54 Å². The molecule has 5 heteroatoms. The molecule has 0 amide bonds. The summed E-state index contributed by atoms with van der Waals surface area (Å²) in [7, 11) is 0. The van der Waals surface area contributed by atoms with Crippen molar-refractivity contribution < 1.29 is 0 Å². The zero-order valence-electron chi connectivity index (χ0n) is 11.3. The van der Waals surface area contributed by atoms with Crippen LogP contribution < -0.4 is 10.9 Å². The lowest BCUT2D eigenvalue weighted by atomic mass is 10.0. The number of rotatable bonds is 3. The fourth-order valence-electron chi connectivity index (χ4n) is 2.76. The largest absolute Gasteiger partial charge is 0.314 e. The smallest absolute Gasteiger partial charge is 0.261 e. The molecule has 0 saturated carbocycles. The van der Waals surface area contributed by atoms with Crippen molar-refractivity contribution in [1.82, 2.24) is 14.9 Å². The standard InChI is InChI=1S/C15H18BrN3O/c16-11-4-5-14-13(9-11)15(20)19(10-18-14)8-6-12-3-1-2-7-17-12/h4-5,9-10,12,17H,1-3,6-8H2. The molecule has 1 N–H and O–H groups in total. The lowest BCUT2D eigenvalue weighted by Gasteiger charge is -2.23. The van der Waals surface area contributed by atoms with Crippen LogP contribution in [-0.4, -0.2) is 22.1 Å². The van der Waals surface area contributed by atoms with Crippen molar-refractivity contribution >= 4 is 26.8 Å². The Morgan fingerprint density at radius 2 is 2.30 bits per heavy atom. The van der Waals surface area contributed by atoms with Crippen molar-refractivity contribution in [2.45, 2.75) is 38.3 Å². The first-order valence-electron chi connectivity index (χ1n) is 7.12. The highest BCUT2D eigenvalue weighted by Gasteiger charge is 2.13. The van der Waals surface area contributed by atoms with Gasteiger partial charge in [0.05, 0.1) is 17.2 Å². The summed E-state index contributed by atoms with van der Waals surface area (Å²) in [6.07, 6.45) is 6.42. The van der Waals surface area contributed by atoms with Gasteiger partial charge in [0.25, 0.3) is 5.56 Å². The van der Waals surface area contributed by atoms with Crippen molar-refractivity contribution in [3.63, 3.8) is 0 Å². The summed E-state index contributed by atoms with van der Waals surface area (Å²) in [6.45, 7) is 1.83. The molecule has 1 fully saturated rings. The Kier molecular flexibility index (Phi) is 4.17. The minimum absolute atomic E-state index is 0.0482. The van der Waals surface area contributed by atoms with Crippen molar-refractivity contribution in [2.24, 2.45) is 0 Å². The summed E-state index contributed by atoms with van der Waals surface area (Å²) < 4.78 is 2.64. The molecule has 0 bridgehead atoms. The van der Waals surface area contributed by atoms with Gasteiger partial charge < -0.3 is 5.32 Å². The van der Waals surface area contributed by atoms with E-state index in [1.54, 1.807) is 10.9 Å². The zero-order chi connectivity index (χ0) is 13.9. The minimum atomic E-state index is 0.0482. The van der Waals surface area contributed by atoms with E-state index >= 15 is 0 Å². The maximum atomic E-state index is 12.4. The predicted molar refractivity (Wildman–Crippen MR) is 84.0 cm³/mol. The molecule has 1 aliphatic rings. The van der Waals surface area contributed by atoms with E-state index < -0.39 is 0 Å². The molecule has 2 aromatic rings. The number of hydrogen-bond acceptors (Lipinski definition) is 3. The number of nitrogens with one attached hydrogen (secondary N) is 1. The minimum Gasteiger partial charge on any atom is -0.314 e. The number of aromatic nitrogens is 2. The van der Waals surface area contributed by atoms with Crippen molar-refractivity contribution in [3.05, 3.63) is 39.4 Å². The second-order valence-electron chi connectivity index (χ2n) is 5.34. The van der Waals surface area contributed by atoms with Crippen molar-refractivity contribution in [3.8, 4) is 0 Å². The lowest BCUT2D eigenvalue weighted by molar-refractivity contribution is 0.364. The van der Waals surface area contributed by atoms with Gasteiger partial charge in [-0.25, -0.2) is 4.98 Å². The number of nitrogens with zero attached hydrogens (tertiary/aromatic N) is 2. The highest BCUT2D eigenvalue weighted by molar-refractivity contribution is 9.10. The first kappa shape index (κ1) is 13.8. The summed E-state index contributed by atoms with van der Waals surface area (Å²) in [4.78, 5) is 16.8. The van der Waals surface area contributed by atoms with Crippen molar-refractivity contribution in [2.75, 3.05) is 6.54 Å². The Bertz CT molecular complexity index is 662. The monoisotopic (exact) mass is 335 g/mol. The van der Waals surface area contributed by atoms with E-state index in [0.29, 0.717) is 11.4 Å². The summed E-state index contributed by atoms with van der Waals surface area (Å²) >= 11 is 3.41. The summed E-state index contributed by atoms with van der Waals surface area (Å²) in [5.74, 6) is 0. The second-order valence-corrected chi connectivity index (χ2v) is 6.26. The molecule has 1 aromatic carbocycles. The van der Waals surface area contributed by atoms with Gasteiger partial charge in [0.15, 0.2) is 0 Å². The molecule has 1 atom stereocenters. The molecule has 1 aromatic heterocycles. The Balaban J connectivity index is 1.81. The van der Waals surface area contributed by atoms with Gasteiger partial charge in [-0.05, 0) is 44.0 Å². The fraction of sp³-hybridized carbons (Fsp3) is 0.467. The van der Waals surface area contributed by atoms with E-state index in [9.17, 15) is 4.79 Å². The van der Waals surface area contributed by atoms with Gasteiger partial charge >= 0.3 is 0 Å². The van der Waals surface area contributed by atoms with Crippen LogP contribution in [0.25, 0.3) is 10.9 Å². The van der Waals surface area contributed by atoms with E-state index in [0.717, 1.165) is 29.5 Å². The van der Waals surface area contributed by atoms with E-state index in [1.807, 2.05) is 18.2 Å². The molecular weight excluding hydrogens is 318 g/mol. The molecule has 0 spiro atoms. The van der Waals surface area contributed by atoms with Gasteiger partial charge in [-0.2, -0.15) is 0 Å². The Hall–Kier alpha value is -1.20. The van der Waals surface area contributed by atoms with Crippen LogP contribution in [0.3, 0.4) is 0 Å². The molecule has 1 saturated heterocycles. The molecule has 20 heavy (non-hydrogen) atoms. The topological polar surface area (TPSA) is 46.9 Å². The van der Waals surface area contributed by atoms with E-state index in [4.69, 9.17) is 0 Å². The second kappa shape index (κ2) is 6.06. The highest BCUT2D eigenvalue weighted by atomic mass is 79.9. The third-order valence-corrected chi connectivity index (χ3v) is 4.41. The Morgan fingerprint density at radius 1 is 1.40 bits per heavy atom. The van der Waals surface area contributed by atoms with Gasteiger partial charge in [0.2, 0.25) is 0 Å². The predicted octanol–water partition coefficient (Wildman–Crippen LogP) is 2.69. The summed E-state index contributed by atoms with van der Waals surface area (Å²) in [5.41, 5.74) is 0.803. The molecule has 1 aliphatic heterocycles. The van der Waals surface area contributed by atoms with Gasteiger partial charge in [-0.1, -0.05) is 22.4 Å². The molecule has 0 radical (unpaired) electrons. The van der Waals surface area contributed by atoms with Crippen LogP contribution in [0.4, 0.5) is 0 Å². The number of halogens is 1. The number of hydrogen-bond donors (Lipinski definition) is 1. The quantitative estimate of drug-likeness (QED) is 0.937. The zero-order valence-corrected chi connectivity index (χ0v) is 12.9. The first-order valence-corrected chi connectivity index (χ1v) is 7.91. The number of fused-ring (bicyclic) bond motifs is 1. The molecule has 1 unspecified atom stereocenters. The molecule has 106 valence electrons. The van der Waals surface area contributed by atoms with Crippen LogP contribution in [0.2, 0.25) is 0 Å². The third kappa shape index (κ3) is 2.94. The van der Waals surface area contributed by atoms with Crippen LogP contribution in [0, 0.1) is 0 Å². The molecule has 4 nitrogen and oxygen atoms in total. The van der Waals surface area contributed by atoms with Gasteiger partial charge in [-0.15, -0.1) is 0 Å². The normalized spacial score (nSPS) is 19.4. The van der Waals surface area contributed by atoms with Crippen molar-refractivity contribution in [1.29, 1.82) is 0 Å². The van der Waals surface area contributed by atoms with Crippen LogP contribution in [0.5, 0.6) is 0 Å². The summed E-state index contributed by atoms with van der Waals surface area (Å²) in [5, 5.41) is 4.19. The Morgan fingerprint density at radius 3 is 3.10 bits per heavy atom. The van der Waals surface area contributed by atoms with E-state index in [-0.39, 0.29) is 5.56 Å². The third-order valence-electron chi connectivity index (χ3n) is 3.92. The van der Waals surface area contributed by atoms with Crippen LogP contribution in [0.15, 0.2) is 33.8 Å². The fourth-order valence-corrected chi connectivity index (χ4v) is 3.12. The lowest BCUT2D eigenvalue weighted by Crippen LogP contribution is -2.35. The molecule has 0 aliphatic carbocycles. The average Bonchev–Trinajstić information content (AvgIpc) is 2.48. The SMILES string of the molecule is O=c1c2cc(Br)ccc2ncn1CCC1CCCCN1. The summed E-state index contributed by atoms with van der Waals surface area (Å²) in [6, 6.07) is 6.16. The maximum absolute atomic E-state index is 12.4. The van der Waals surface area contributed by atoms with E-state index in [1.165, 1.54) is 19.3 Å². The highest BCUT2D eigenvalue weighted by Crippen LogP contribution is 2.15. The number of benzene rings is 1. The average molecular weight is 336 g/mol. The molecule has 3 rings (SSSR count). The van der Waals surface area contributed by atoms with Gasteiger partial charge in [0, 0.05) is 17.1 Å². The Labute approximate surface area is 126 Å². The first-order chi connectivity index (χ1) is 9.74. The van der Waals surface area contributed by atoms with Gasteiger partial charge in [0.1, 0.15) is 0 Å². The van der Waals surface area contributed by atoms with Crippen LogP contribution in [0.1, 0.15) is 25.7 Å². The molecule has 2 heterocycles. The number of aryl methyl sites for hydroxylation is 1. The maximum Gasteiger partial charge on any atom is 0.261 e.